The second kappa shape index (κ2) is 5.82. The topological polar surface area (TPSA) is 59.1 Å². The van der Waals surface area contributed by atoms with E-state index in [9.17, 15) is 9.59 Å². The van der Waals surface area contributed by atoms with Gasteiger partial charge in [0.1, 0.15) is 0 Å². The van der Waals surface area contributed by atoms with E-state index in [4.69, 9.17) is 23.2 Å². The van der Waals surface area contributed by atoms with Crippen LogP contribution in [0.25, 0.3) is 0 Å². The number of halogens is 2. The van der Waals surface area contributed by atoms with Crippen LogP contribution in [0.3, 0.4) is 0 Å². The predicted octanol–water partition coefficient (Wildman–Crippen LogP) is 3.21. The van der Waals surface area contributed by atoms with Crippen molar-refractivity contribution in [2.24, 2.45) is 0 Å². The van der Waals surface area contributed by atoms with Crippen molar-refractivity contribution >= 4 is 40.6 Å². The lowest BCUT2D eigenvalue weighted by molar-refractivity contribution is -0.112. The fourth-order valence-electron chi connectivity index (χ4n) is 1.49. The van der Waals surface area contributed by atoms with Crippen molar-refractivity contribution in [2.75, 3.05) is 5.32 Å². The van der Waals surface area contributed by atoms with E-state index in [1.165, 1.54) is 12.1 Å². The molecule has 0 fully saturated rings. The maximum absolute atomic E-state index is 11.2. The van der Waals surface area contributed by atoms with Gasteiger partial charge in [-0.25, -0.2) is 0 Å². The molecule has 0 saturated carbocycles. The molecule has 1 amide bonds. The lowest BCUT2D eigenvalue weighted by Crippen LogP contribution is -2.12. The number of anilines is 1. The van der Waals surface area contributed by atoms with Crippen LogP contribution < -0.4 is 5.32 Å². The smallest absolute Gasteiger partial charge is 0.296 e. The van der Waals surface area contributed by atoms with E-state index >= 15 is 0 Å². The summed E-state index contributed by atoms with van der Waals surface area (Å²) in [4.78, 5) is 26.0. The standard InChI is InChI=1S/C8H3Cl2NO2.C5H5N/c9-3-1-2-4(10)6-5(3)7(12)8(13)11-6;1-2-4-6-5-3-1/h1-2H,(H,11,12,13);1-5H. The van der Waals surface area contributed by atoms with E-state index in [0.29, 0.717) is 10.7 Å². The Labute approximate surface area is 119 Å². The zero-order valence-electron chi connectivity index (χ0n) is 9.56. The second-order valence-corrected chi connectivity index (χ2v) is 4.40. The number of fused-ring (bicyclic) bond motifs is 1. The first-order valence-corrected chi connectivity index (χ1v) is 6.05. The summed E-state index contributed by atoms with van der Waals surface area (Å²) < 4.78 is 0. The molecular formula is C13H8Cl2N2O2. The highest BCUT2D eigenvalue weighted by molar-refractivity contribution is 6.56. The summed E-state index contributed by atoms with van der Waals surface area (Å²) in [5.74, 6) is -1.33. The normalized spacial score (nSPS) is 12.3. The predicted molar refractivity (Wildman–Crippen MR) is 73.7 cm³/mol. The third-order valence-electron chi connectivity index (χ3n) is 2.34. The molecule has 1 aromatic heterocycles. The number of hydrogen-bond acceptors (Lipinski definition) is 3. The van der Waals surface area contributed by atoms with Gasteiger partial charge in [0.2, 0.25) is 0 Å². The fourth-order valence-corrected chi connectivity index (χ4v) is 1.94. The molecule has 1 aliphatic rings. The monoisotopic (exact) mass is 294 g/mol. The summed E-state index contributed by atoms with van der Waals surface area (Å²) in [7, 11) is 0. The number of benzene rings is 1. The Morgan fingerprint density at radius 2 is 1.58 bits per heavy atom. The van der Waals surface area contributed by atoms with Crippen molar-refractivity contribution in [1.82, 2.24) is 4.98 Å². The summed E-state index contributed by atoms with van der Waals surface area (Å²) >= 11 is 11.5. The third kappa shape index (κ3) is 2.92. The Morgan fingerprint density at radius 3 is 2.05 bits per heavy atom. The van der Waals surface area contributed by atoms with E-state index < -0.39 is 11.7 Å². The number of hydrogen-bond donors (Lipinski definition) is 1. The van der Waals surface area contributed by atoms with Gasteiger partial charge in [0.15, 0.2) is 0 Å². The molecule has 96 valence electrons. The molecule has 4 nitrogen and oxygen atoms in total. The number of aromatic nitrogens is 1. The molecule has 6 heteroatoms. The molecule has 1 N–H and O–H groups in total. The Bertz CT molecular complexity index is 603. The molecule has 0 radical (unpaired) electrons. The molecule has 2 aromatic rings. The first kappa shape index (κ1) is 13.5. The van der Waals surface area contributed by atoms with E-state index in [1.54, 1.807) is 12.4 Å². The van der Waals surface area contributed by atoms with Crippen molar-refractivity contribution in [3.05, 3.63) is 58.3 Å². The van der Waals surface area contributed by atoms with Gasteiger partial charge in [-0.1, -0.05) is 29.3 Å². The van der Waals surface area contributed by atoms with Crippen molar-refractivity contribution in [3.8, 4) is 0 Å². The second-order valence-electron chi connectivity index (χ2n) is 3.59. The number of nitrogens with one attached hydrogen (secondary N) is 1. The summed E-state index contributed by atoms with van der Waals surface area (Å²) in [5.41, 5.74) is 0.475. The number of Topliss-reactive ketones (excluding diaryl/α,β-unsaturated/α-hetero) is 1. The summed E-state index contributed by atoms with van der Waals surface area (Å²) in [6.07, 6.45) is 3.50. The number of rotatable bonds is 0. The van der Waals surface area contributed by atoms with Gasteiger partial charge in [-0.2, -0.15) is 0 Å². The Hall–Kier alpha value is -1.91. The van der Waals surface area contributed by atoms with Gasteiger partial charge in [0.05, 0.1) is 21.3 Å². The molecular weight excluding hydrogens is 287 g/mol. The van der Waals surface area contributed by atoms with Gasteiger partial charge in [-0.15, -0.1) is 0 Å². The minimum Gasteiger partial charge on any atom is -0.317 e. The molecule has 0 aliphatic carbocycles. The lowest BCUT2D eigenvalue weighted by atomic mass is 10.1. The highest BCUT2D eigenvalue weighted by Gasteiger charge is 2.31. The molecule has 0 unspecified atom stereocenters. The van der Waals surface area contributed by atoms with Gasteiger partial charge < -0.3 is 5.32 Å². The zero-order chi connectivity index (χ0) is 13.8. The van der Waals surface area contributed by atoms with E-state index in [2.05, 4.69) is 10.3 Å². The van der Waals surface area contributed by atoms with Crippen molar-refractivity contribution < 1.29 is 9.59 Å². The molecule has 3 rings (SSSR count). The molecule has 0 spiro atoms. The van der Waals surface area contributed by atoms with Gasteiger partial charge in [0.25, 0.3) is 11.7 Å². The van der Waals surface area contributed by atoms with Crippen LogP contribution in [0, 0.1) is 0 Å². The molecule has 0 saturated heterocycles. The average molecular weight is 295 g/mol. The van der Waals surface area contributed by atoms with E-state index in [1.807, 2.05) is 18.2 Å². The zero-order valence-corrected chi connectivity index (χ0v) is 11.1. The number of carbonyl (C=O) groups is 2. The molecule has 0 atom stereocenters. The van der Waals surface area contributed by atoms with Crippen LogP contribution in [0.1, 0.15) is 10.4 Å². The van der Waals surface area contributed by atoms with Crippen LogP contribution in [0.5, 0.6) is 0 Å². The minimum absolute atomic E-state index is 0.166. The van der Waals surface area contributed by atoms with Gasteiger partial charge in [-0.05, 0) is 24.3 Å². The minimum atomic E-state index is -0.690. The van der Waals surface area contributed by atoms with Crippen molar-refractivity contribution in [1.29, 1.82) is 0 Å². The van der Waals surface area contributed by atoms with E-state index in [-0.39, 0.29) is 10.6 Å². The number of ketones is 1. The molecule has 1 aromatic carbocycles. The van der Waals surface area contributed by atoms with Gasteiger partial charge in [-0.3, -0.25) is 14.6 Å². The third-order valence-corrected chi connectivity index (χ3v) is 2.97. The molecule has 2 heterocycles. The lowest BCUT2D eigenvalue weighted by Gasteiger charge is -2.00. The Balaban J connectivity index is 0.000000186. The van der Waals surface area contributed by atoms with Crippen molar-refractivity contribution in [2.45, 2.75) is 0 Å². The first-order valence-electron chi connectivity index (χ1n) is 5.30. The average Bonchev–Trinajstić information content (AvgIpc) is 2.74. The van der Waals surface area contributed by atoms with Crippen molar-refractivity contribution in [3.63, 3.8) is 0 Å². The maximum Gasteiger partial charge on any atom is 0.296 e. The Kier molecular flexibility index (Phi) is 4.14. The van der Waals surface area contributed by atoms with Gasteiger partial charge in [0, 0.05) is 12.4 Å². The highest BCUT2D eigenvalue weighted by atomic mass is 35.5. The SMILES string of the molecule is O=C1Nc2c(Cl)ccc(Cl)c2C1=O.c1ccncc1. The molecule has 0 bridgehead atoms. The Morgan fingerprint density at radius 1 is 0.947 bits per heavy atom. The number of pyridine rings is 1. The molecule has 19 heavy (non-hydrogen) atoms. The number of carbonyl (C=O) groups excluding carboxylic acids is 2. The summed E-state index contributed by atoms with van der Waals surface area (Å²) in [6, 6.07) is 8.73. The highest BCUT2D eigenvalue weighted by Crippen LogP contribution is 2.35. The maximum atomic E-state index is 11.2. The first-order chi connectivity index (χ1) is 9.11. The summed E-state index contributed by atoms with van der Waals surface area (Å²) in [5, 5.41) is 2.91. The summed E-state index contributed by atoms with van der Waals surface area (Å²) in [6.45, 7) is 0. The van der Waals surface area contributed by atoms with Crippen LogP contribution in [-0.4, -0.2) is 16.7 Å². The largest absolute Gasteiger partial charge is 0.317 e. The van der Waals surface area contributed by atoms with Crippen LogP contribution in [0.15, 0.2) is 42.7 Å². The van der Waals surface area contributed by atoms with E-state index in [0.717, 1.165) is 0 Å². The fraction of sp³-hybridized carbons (Fsp3) is 0. The quantitative estimate of drug-likeness (QED) is 0.759. The van der Waals surface area contributed by atoms with Gasteiger partial charge >= 0.3 is 0 Å². The van der Waals surface area contributed by atoms with Crippen LogP contribution in [-0.2, 0) is 4.79 Å². The number of nitrogens with zero attached hydrogens (tertiary/aromatic N) is 1. The van der Waals surface area contributed by atoms with Crippen LogP contribution in [0.4, 0.5) is 5.69 Å². The van der Waals surface area contributed by atoms with Crippen LogP contribution in [0.2, 0.25) is 10.0 Å². The number of amides is 1. The molecule has 1 aliphatic heterocycles. The van der Waals surface area contributed by atoms with Crippen LogP contribution >= 0.6 is 23.2 Å².